The highest BCUT2D eigenvalue weighted by Gasteiger charge is 2.32. The van der Waals surface area contributed by atoms with E-state index < -0.39 is 0 Å². The van der Waals surface area contributed by atoms with Crippen molar-refractivity contribution < 1.29 is 4.74 Å². The molecule has 1 unspecified atom stereocenters. The Bertz CT molecular complexity index is 175. The van der Waals surface area contributed by atoms with E-state index in [1.54, 1.807) is 0 Å². The van der Waals surface area contributed by atoms with Crippen LogP contribution in [0.2, 0.25) is 0 Å². The molecule has 15 heavy (non-hydrogen) atoms. The molecule has 0 aromatic rings. The molecule has 0 aromatic carbocycles. The zero-order valence-electron chi connectivity index (χ0n) is 11.5. The smallest absolute Gasteiger partial charge is 0.174 e. The third-order valence-corrected chi connectivity index (χ3v) is 4.60. The van der Waals surface area contributed by atoms with Crippen LogP contribution in [0.3, 0.4) is 0 Å². The average molecular weight is 230 g/mol. The molecule has 0 saturated carbocycles. The van der Waals surface area contributed by atoms with Crippen molar-refractivity contribution in [1.29, 1.82) is 0 Å². The normalized spacial score (nSPS) is 15.3. The fourth-order valence-corrected chi connectivity index (χ4v) is 1.25. The van der Waals surface area contributed by atoms with Crippen LogP contribution in [0.25, 0.3) is 0 Å². The second kappa shape index (κ2) is 6.19. The van der Waals surface area contributed by atoms with Gasteiger partial charge in [-0.2, -0.15) is 0 Å². The Morgan fingerprint density at radius 1 is 1.20 bits per heavy atom. The van der Waals surface area contributed by atoms with Crippen molar-refractivity contribution in [2.45, 2.75) is 53.2 Å². The summed E-state index contributed by atoms with van der Waals surface area (Å²) < 4.78 is 5.70. The summed E-state index contributed by atoms with van der Waals surface area (Å²) in [4.78, 5) is 0. The van der Waals surface area contributed by atoms with Crippen molar-refractivity contribution in [3.8, 4) is 0 Å². The first-order valence-electron chi connectivity index (χ1n) is 5.81. The van der Waals surface area contributed by atoms with Gasteiger partial charge in [0.15, 0.2) is 7.12 Å². The molecule has 1 atom stereocenters. The Hall–Kier alpha value is 0.375. The van der Waals surface area contributed by atoms with Crippen LogP contribution < -0.4 is 0 Å². The van der Waals surface area contributed by atoms with E-state index in [1.807, 2.05) is 11.6 Å². The van der Waals surface area contributed by atoms with Gasteiger partial charge >= 0.3 is 0 Å². The first-order valence-corrected chi connectivity index (χ1v) is 7.10. The van der Waals surface area contributed by atoms with Crippen molar-refractivity contribution in [3.05, 3.63) is 0 Å². The van der Waals surface area contributed by atoms with Gasteiger partial charge in [0.2, 0.25) is 0 Å². The molecule has 1 nitrogen and oxygen atoms in total. The van der Waals surface area contributed by atoms with Crippen LogP contribution in [0, 0.1) is 10.8 Å². The monoisotopic (exact) mass is 230 g/mol. The molecular weight excluding hydrogens is 203 g/mol. The Morgan fingerprint density at radius 3 is 2.13 bits per heavy atom. The van der Waals surface area contributed by atoms with Gasteiger partial charge < -0.3 is 4.74 Å². The molecule has 0 aliphatic rings. The van der Waals surface area contributed by atoms with Crippen LogP contribution in [0.1, 0.15) is 48.0 Å². The minimum Gasteiger partial charge on any atom is -0.380 e. The number of hydrogen-bond donors (Lipinski definition) is 0. The summed E-state index contributed by atoms with van der Waals surface area (Å²) in [7, 11) is 2.13. The molecule has 0 aromatic heterocycles. The van der Waals surface area contributed by atoms with E-state index in [0.29, 0.717) is 16.1 Å². The van der Waals surface area contributed by atoms with Crippen molar-refractivity contribution >= 4 is 18.7 Å². The van der Waals surface area contributed by atoms with E-state index in [9.17, 15) is 0 Å². The van der Waals surface area contributed by atoms with Crippen molar-refractivity contribution in [1.82, 2.24) is 0 Å². The fourth-order valence-electron chi connectivity index (χ4n) is 1.02. The molecule has 0 rings (SSSR count). The minimum absolute atomic E-state index is 0.343. The van der Waals surface area contributed by atoms with E-state index in [0.717, 1.165) is 19.6 Å². The summed E-state index contributed by atoms with van der Waals surface area (Å²) in [5.74, 6) is 0. The van der Waals surface area contributed by atoms with Crippen LogP contribution in [0.15, 0.2) is 0 Å². The molecule has 0 saturated heterocycles. The van der Waals surface area contributed by atoms with E-state index >= 15 is 0 Å². The summed E-state index contributed by atoms with van der Waals surface area (Å²) >= 11 is 1.86. The lowest BCUT2D eigenvalue weighted by Crippen LogP contribution is -2.31. The number of hydrogen-bond acceptors (Lipinski definition) is 2. The maximum atomic E-state index is 5.70. The maximum absolute atomic E-state index is 5.70. The lowest BCUT2D eigenvalue weighted by atomic mass is 9.67. The predicted molar refractivity (Wildman–Crippen MR) is 74.3 cm³/mol. The van der Waals surface area contributed by atoms with Gasteiger partial charge in [-0.1, -0.05) is 41.5 Å². The third kappa shape index (κ3) is 5.86. The first kappa shape index (κ1) is 15.4. The Morgan fingerprint density at radius 2 is 1.73 bits per heavy atom. The van der Waals surface area contributed by atoms with Gasteiger partial charge in [-0.05, 0) is 17.3 Å². The summed E-state index contributed by atoms with van der Waals surface area (Å²) in [5, 5.41) is 0.614. The molecule has 0 spiro atoms. The fraction of sp³-hybridized carbons (Fsp3) is 1.00. The SMILES string of the molecule is BSC(C)COCCC(C)(C)C(C)(C)C. The molecular formula is C12H27BOS. The first-order chi connectivity index (χ1) is 6.70. The van der Waals surface area contributed by atoms with Crippen molar-refractivity contribution in [2.75, 3.05) is 13.2 Å². The maximum Gasteiger partial charge on any atom is 0.174 e. The summed E-state index contributed by atoms with van der Waals surface area (Å²) in [5.41, 5.74) is 0.692. The van der Waals surface area contributed by atoms with Gasteiger partial charge in [0, 0.05) is 11.9 Å². The van der Waals surface area contributed by atoms with Gasteiger partial charge in [0.1, 0.15) is 0 Å². The van der Waals surface area contributed by atoms with Crippen LogP contribution in [0.4, 0.5) is 0 Å². The zero-order valence-corrected chi connectivity index (χ0v) is 12.3. The molecule has 0 fully saturated rings. The molecule has 0 radical (unpaired) electrons. The predicted octanol–water partition coefficient (Wildman–Crippen LogP) is 3.14. The average Bonchev–Trinajstić information content (AvgIpc) is 2.10. The Labute approximate surface area is 101 Å². The summed E-state index contributed by atoms with van der Waals surface area (Å²) in [6, 6.07) is 0. The summed E-state index contributed by atoms with van der Waals surface area (Å²) in [6.45, 7) is 15.5. The molecule has 0 N–H and O–H groups in total. The van der Waals surface area contributed by atoms with Gasteiger partial charge in [0.05, 0.1) is 6.61 Å². The second-order valence-electron chi connectivity index (χ2n) is 6.01. The highest BCUT2D eigenvalue weighted by Crippen LogP contribution is 2.40. The third-order valence-electron chi connectivity index (χ3n) is 3.66. The van der Waals surface area contributed by atoms with E-state index in [-0.39, 0.29) is 0 Å². The Kier molecular flexibility index (Phi) is 6.35. The van der Waals surface area contributed by atoms with Crippen molar-refractivity contribution in [3.63, 3.8) is 0 Å². The molecule has 0 aliphatic heterocycles. The van der Waals surface area contributed by atoms with Gasteiger partial charge in [0.25, 0.3) is 0 Å². The lowest BCUT2D eigenvalue weighted by molar-refractivity contribution is 0.0546. The minimum atomic E-state index is 0.343. The molecule has 0 amide bonds. The van der Waals surface area contributed by atoms with Crippen LogP contribution in [-0.2, 0) is 4.74 Å². The highest BCUT2D eigenvalue weighted by atomic mass is 32.2. The lowest BCUT2D eigenvalue weighted by Gasteiger charge is -2.39. The topological polar surface area (TPSA) is 9.23 Å². The number of ether oxygens (including phenoxy) is 1. The molecule has 0 heterocycles. The number of rotatable bonds is 6. The molecule has 0 aliphatic carbocycles. The molecule has 90 valence electrons. The quantitative estimate of drug-likeness (QED) is 0.512. The second-order valence-corrected chi connectivity index (χ2v) is 7.28. The van der Waals surface area contributed by atoms with E-state index in [1.165, 1.54) is 0 Å². The van der Waals surface area contributed by atoms with Gasteiger partial charge in [-0.3, -0.25) is 0 Å². The standard InChI is InChI=1S/C12H27BOS/c1-10(15-13)9-14-8-7-12(5,6)11(2,3)4/h10H,7-9,13H2,1-6H3. The summed E-state index contributed by atoms with van der Waals surface area (Å²) in [6.07, 6.45) is 1.14. The van der Waals surface area contributed by atoms with E-state index in [4.69, 9.17) is 4.74 Å². The molecule has 3 heteroatoms. The van der Waals surface area contributed by atoms with Crippen LogP contribution in [0.5, 0.6) is 0 Å². The van der Waals surface area contributed by atoms with Gasteiger partial charge in [-0.25, -0.2) is 11.6 Å². The van der Waals surface area contributed by atoms with E-state index in [2.05, 4.69) is 48.7 Å². The molecule has 0 bridgehead atoms. The van der Waals surface area contributed by atoms with Crippen LogP contribution in [-0.4, -0.2) is 25.6 Å². The highest BCUT2D eigenvalue weighted by molar-refractivity contribution is 8.20. The van der Waals surface area contributed by atoms with Crippen LogP contribution >= 0.6 is 11.6 Å². The van der Waals surface area contributed by atoms with Gasteiger partial charge in [-0.15, -0.1) is 0 Å². The van der Waals surface area contributed by atoms with Crippen molar-refractivity contribution in [2.24, 2.45) is 10.8 Å². The Balaban J connectivity index is 3.77. The largest absolute Gasteiger partial charge is 0.380 e. The zero-order chi connectivity index (χ0) is 12.1.